The van der Waals surface area contributed by atoms with E-state index in [4.69, 9.17) is 9.47 Å². The van der Waals surface area contributed by atoms with Gasteiger partial charge in [0, 0.05) is 36.6 Å². The van der Waals surface area contributed by atoms with Crippen LogP contribution in [-0.2, 0) is 13.1 Å². The van der Waals surface area contributed by atoms with Gasteiger partial charge in [-0.15, -0.1) is 0 Å². The van der Waals surface area contributed by atoms with Crippen molar-refractivity contribution in [1.29, 1.82) is 0 Å². The quantitative estimate of drug-likeness (QED) is 0.880. The van der Waals surface area contributed by atoms with Crippen molar-refractivity contribution < 1.29 is 13.9 Å². The van der Waals surface area contributed by atoms with Gasteiger partial charge in [-0.05, 0) is 19.2 Å². The number of aromatic amines is 1. The third-order valence-corrected chi connectivity index (χ3v) is 2.99. The highest BCUT2D eigenvalue weighted by Gasteiger charge is 2.13. The van der Waals surface area contributed by atoms with E-state index in [1.165, 1.54) is 20.3 Å². The molecule has 0 spiro atoms. The summed E-state index contributed by atoms with van der Waals surface area (Å²) in [7, 11) is 4.94. The van der Waals surface area contributed by atoms with E-state index in [-0.39, 0.29) is 5.82 Å². The predicted octanol–water partition coefficient (Wildman–Crippen LogP) is 2.20. The first-order chi connectivity index (χ1) is 9.63. The molecule has 0 aliphatic rings. The van der Waals surface area contributed by atoms with Gasteiger partial charge in [-0.2, -0.15) is 5.10 Å². The van der Waals surface area contributed by atoms with Crippen LogP contribution in [0.2, 0.25) is 0 Å². The Morgan fingerprint density at radius 3 is 2.50 bits per heavy atom. The van der Waals surface area contributed by atoms with Crippen molar-refractivity contribution in [1.82, 2.24) is 15.1 Å². The van der Waals surface area contributed by atoms with Crippen molar-refractivity contribution in [2.45, 2.75) is 13.1 Å². The zero-order valence-corrected chi connectivity index (χ0v) is 11.8. The highest BCUT2D eigenvalue weighted by molar-refractivity contribution is 5.43. The third kappa shape index (κ3) is 3.27. The molecule has 20 heavy (non-hydrogen) atoms. The molecule has 108 valence electrons. The Bertz CT molecular complexity index is 558. The molecule has 0 radical (unpaired) electrons. The van der Waals surface area contributed by atoms with Crippen LogP contribution < -0.4 is 9.47 Å². The number of H-pyrrole nitrogens is 1. The van der Waals surface area contributed by atoms with E-state index in [1.54, 1.807) is 12.3 Å². The Hall–Kier alpha value is -2.08. The Balaban J connectivity index is 2.12. The smallest absolute Gasteiger partial charge is 0.163 e. The molecule has 0 aliphatic carbocycles. The minimum absolute atomic E-state index is 0.306. The summed E-state index contributed by atoms with van der Waals surface area (Å²) in [5, 5.41) is 6.77. The zero-order valence-electron chi connectivity index (χ0n) is 11.8. The second-order valence-electron chi connectivity index (χ2n) is 4.55. The van der Waals surface area contributed by atoms with E-state index in [2.05, 4.69) is 10.2 Å². The van der Waals surface area contributed by atoms with Gasteiger partial charge in [0.25, 0.3) is 0 Å². The fourth-order valence-electron chi connectivity index (χ4n) is 2.03. The molecule has 0 saturated heterocycles. The first kappa shape index (κ1) is 14.3. The van der Waals surface area contributed by atoms with Crippen molar-refractivity contribution in [3.63, 3.8) is 0 Å². The van der Waals surface area contributed by atoms with Crippen molar-refractivity contribution >= 4 is 0 Å². The molecule has 0 atom stereocenters. The standard InChI is InChI=1S/C14H18FN3O2/c1-18(9-11-4-5-16-17-11)8-10-6-13(19-2)14(20-3)7-12(10)15/h4-7H,8-9H2,1-3H3,(H,16,17). The van der Waals surface area contributed by atoms with Gasteiger partial charge in [-0.25, -0.2) is 4.39 Å². The fourth-order valence-corrected chi connectivity index (χ4v) is 2.03. The maximum atomic E-state index is 14.0. The Morgan fingerprint density at radius 2 is 1.90 bits per heavy atom. The van der Waals surface area contributed by atoms with Crippen molar-refractivity contribution in [3.05, 3.63) is 41.5 Å². The summed E-state index contributed by atoms with van der Waals surface area (Å²) in [6, 6.07) is 4.90. The van der Waals surface area contributed by atoms with Gasteiger partial charge >= 0.3 is 0 Å². The molecule has 1 aromatic carbocycles. The van der Waals surface area contributed by atoms with Crippen LogP contribution in [0.5, 0.6) is 11.5 Å². The lowest BCUT2D eigenvalue weighted by atomic mass is 10.1. The minimum Gasteiger partial charge on any atom is -0.493 e. The van der Waals surface area contributed by atoms with Crippen LogP contribution >= 0.6 is 0 Å². The van der Waals surface area contributed by atoms with Crippen molar-refractivity contribution in [2.75, 3.05) is 21.3 Å². The molecule has 1 N–H and O–H groups in total. The molecule has 0 bridgehead atoms. The summed E-state index contributed by atoms with van der Waals surface area (Å²) in [6.07, 6.45) is 1.69. The largest absolute Gasteiger partial charge is 0.493 e. The first-order valence-corrected chi connectivity index (χ1v) is 6.21. The summed E-state index contributed by atoms with van der Waals surface area (Å²) < 4.78 is 24.3. The van der Waals surface area contributed by atoms with E-state index in [0.717, 1.165) is 5.69 Å². The fraction of sp³-hybridized carbons (Fsp3) is 0.357. The van der Waals surface area contributed by atoms with Crippen molar-refractivity contribution in [3.8, 4) is 11.5 Å². The normalized spacial score (nSPS) is 10.8. The summed E-state index contributed by atoms with van der Waals surface area (Å²) in [5.74, 6) is 0.614. The molecular formula is C14H18FN3O2. The summed E-state index contributed by atoms with van der Waals surface area (Å²) in [6.45, 7) is 1.12. The zero-order chi connectivity index (χ0) is 14.5. The van der Waals surface area contributed by atoms with Crippen LogP contribution in [-0.4, -0.2) is 36.4 Å². The number of nitrogens with one attached hydrogen (secondary N) is 1. The second kappa shape index (κ2) is 6.38. The van der Waals surface area contributed by atoms with Gasteiger partial charge in [-0.1, -0.05) is 0 Å². The van der Waals surface area contributed by atoms with Crippen LogP contribution in [0.3, 0.4) is 0 Å². The second-order valence-corrected chi connectivity index (χ2v) is 4.55. The lowest BCUT2D eigenvalue weighted by molar-refractivity contribution is 0.306. The average molecular weight is 279 g/mol. The Labute approximate surface area is 117 Å². The van der Waals surface area contributed by atoms with Crippen LogP contribution in [0.1, 0.15) is 11.3 Å². The molecule has 1 heterocycles. The highest BCUT2D eigenvalue weighted by Crippen LogP contribution is 2.30. The van der Waals surface area contributed by atoms with Crippen molar-refractivity contribution in [2.24, 2.45) is 0 Å². The van der Waals surface area contributed by atoms with E-state index in [0.29, 0.717) is 30.2 Å². The lowest BCUT2D eigenvalue weighted by Crippen LogP contribution is -2.18. The molecule has 0 unspecified atom stereocenters. The molecule has 5 nitrogen and oxygen atoms in total. The SMILES string of the molecule is COc1cc(F)c(CN(C)Cc2ccn[nH]2)cc1OC. The molecule has 2 aromatic rings. The molecule has 1 aromatic heterocycles. The number of halogens is 1. The number of hydrogen-bond acceptors (Lipinski definition) is 4. The number of rotatable bonds is 6. The summed E-state index contributed by atoms with van der Waals surface area (Å²) in [4.78, 5) is 1.98. The summed E-state index contributed by atoms with van der Waals surface area (Å²) in [5.41, 5.74) is 1.54. The number of ether oxygens (including phenoxy) is 2. The summed E-state index contributed by atoms with van der Waals surface area (Å²) >= 11 is 0. The maximum Gasteiger partial charge on any atom is 0.163 e. The number of methoxy groups -OCH3 is 2. The minimum atomic E-state index is -0.306. The number of hydrogen-bond donors (Lipinski definition) is 1. The molecule has 0 saturated carbocycles. The molecule has 0 fully saturated rings. The van der Waals surface area contributed by atoms with Gasteiger partial charge in [0.05, 0.1) is 14.2 Å². The monoisotopic (exact) mass is 279 g/mol. The predicted molar refractivity (Wildman–Crippen MR) is 73.3 cm³/mol. The van der Waals surface area contributed by atoms with Crippen LogP contribution in [0.4, 0.5) is 4.39 Å². The number of nitrogens with zero attached hydrogens (tertiary/aromatic N) is 2. The third-order valence-electron chi connectivity index (χ3n) is 2.99. The topological polar surface area (TPSA) is 50.4 Å². The van der Waals surface area contributed by atoms with E-state index < -0.39 is 0 Å². The van der Waals surface area contributed by atoms with Gasteiger partial charge < -0.3 is 9.47 Å². The van der Waals surface area contributed by atoms with Gasteiger partial charge in [0.15, 0.2) is 11.5 Å². The lowest BCUT2D eigenvalue weighted by Gasteiger charge is -2.17. The number of benzene rings is 1. The molecule has 2 rings (SSSR count). The maximum absolute atomic E-state index is 14.0. The van der Waals surface area contributed by atoms with Crippen LogP contribution in [0.15, 0.2) is 24.4 Å². The highest BCUT2D eigenvalue weighted by atomic mass is 19.1. The van der Waals surface area contributed by atoms with E-state index >= 15 is 0 Å². The molecular weight excluding hydrogens is 261 g/mol. The average Bonchev–Trinajstić information content (AvgIpc) is 2.93. The van der Waals surface area contributed by atoms with E-state index in [1.807, 2.05) is 18.0 Å². The van der Waals surface area contributed by atoms with E-state index in [9.17, 15) is 4.39 Å². The molecule has 6 heteroatoms. The first-order valence-electron chi connectivity index (χ1n) is 6.21. The van der Waals surface area contributed by atoms with Gasteiger partial charge in [0.2, 0.25) is 0 Å². The Morgan fingerprint density at radius 1 is 1.20 bits per heavy atom. The molecule has 0 aliphatic heterocycles. The molecule has 0 amide bonds. The Kier molecular flexibility index (Phi) is 4.57. The van der Waals surface area contributed by atoms with Gasteiger partial charge in [-0.3, -0.25) is 10.00 Å². The van der Waals surface area contributed by atoms with Crippen LogP contribution in [0.25, 0.3) is 0 Å². The van der Waals surface area contributed by atoms with Crippen LogP contribution in [0, 0.1) is 5.82 Å². The van der Waals surface area contributed by atoms with Gasteiger partial charge in [0.1, 0.15) is 5.82 Å². The number of aromatic nitrogens is 2.